The van der Waals surface area contributed by atoms with Gasteiger partial charge in [-0.15, -0.1) is 0 Å². The van der Waals surface area contributed by atoms with Crippen molar-refractivity contribution in [2.75, 3.05) is 13.7 Å². The summed E-state index contributed by atoms with van der Waals surface area (Å²) in [6.07, 6.45) is 0.609. The van der Waals surface area contributed by atoms with Crippen LogP contribution in [0, 0.1) is 0 Å². The molecule has 3 rings (SSSR count). The number of hydrogen-bond donors (Lipinski definition) is 0. The number of ether oxygens (including phenoxy) is 1. The molecule has 1 amide bonds. The van der Waals surface area contributed by atoms with Gasteiger partial charge >= 0.3 is 5.97 Å². The maximum atomic E-state index is 13.4. The van der Waals surface area contributed by atoms with Crippen LogP contribution in [0.1, 0.15) is 45.0 Å². The van der Waals surface area contributed by atoms with Crippen LogP contribution >= 0.6 is 0 Å². The minimum Gasteiger partial charge on any atom is -0.466 e. The van der Waals surface area contributed by atoms with E-state index in [-0.39, 0.29) is 30.9 Å². The van der Waals surface area contributed by atoms with Crippen LogP contribution < -0.4 is 5.56 Å². The average molecular weight is 421 g/mol. The first-order valence-electron chi connectivity index (χ1n) is 10.5. The fraction of sp³-hybridized carbons (Fsp3) is 0.333. The first kappa shape index (κ1) is 22.2. The van der Waals surface area contributed by atoms with Gasteiger partial charge in [0.2, 0.25) is 5.91 Å². The molecule has 2 aromatic carbocycles. The Kier molecular flexibility index (Phi) is 7.18. The Hall–Kier alpha value is -3.48. The highest BCUT2D eigenvalue weighted by Gasteiger charge is 2.26. The number of carbonyl (C=O) groups excluding carboxylic acids is 2. The van der Waals surface area contributed by atoms with Crippen molar-refractivity contribution in [1.29, 1.82) is 0 Å². The largest absolute Gasteiger partial charge is 0.466 e. The molecular weight excluding hydrogens is 394 g/mol. The molecule has 0 N–H and O–H groups in total. The number of fused-ring (bicyclic) bond motifs is 1. The number of carbonyl (C=O) groups is 2. The van der Waals surface area contributed by atoms with Gasteiger partial charge in [-0.3, -0.25) is 19.0 Å². The van der Waals surface area contributed by atoms with Gasteiger partial charge in [0.25, 0.3) is 5.56 Å². The first-order valence-corrected chi connectivity index (χ1v) is 10.5. The van der Waals surface area contributed by atoms with Crippen molar-refractivity contribution in [3.05, 3.63) is 70.8 Å². The van der Waals surface area contributed by atoms with Crippen LogP contribution in [-0.4, -0.2) is 40.0 Å². The molecule has 0 spiro atoms. The van der Waals surface area contributed by atoms with Crippen molar-refractivity contribution in [2.24, 2.45) is 0 Å². The summed E-state index contributed by atoms with van der Waals surface area (Å²) in [4.78, 5) is 44.2. The third kappa shape index (κ3) is 4.82. The van der Waals surface area contributed by atoms with E-state index in [1.54, 1.807) is 35.6 Å². The number of benzene rings is 2. The number of nitrogens with zero attached hydrogens (tertiary/aromatic N) is 3. The number of esters is 1. The molecule has 7 nitrogen and oxygen atoms in total. The van der Waals surface area contributed by atoms with Crippen molar-refractivity contribution >= 4 is 22.8 Å². The van der Waals surface area contributed by atoms with Crippen molar-refractivity contribution in [3.63, 3.8) is 0 Å². The molecule has 0 saturated heterocycles. The summed E-state index contributed by atoms with van der Waals surface area (Å²) in [6, 6.07) is 16.0. The topological polar surface area (TPSA) is 81.5 Å². The molecule has 162 valence electrons. The van der Waals surface area contributed by atoms with Gasteiger partial charge < -0.3 is 9.64 Å². The zero-order valence-electron chi connectivity index (χ0n) is 18.1. The third-order valence-corrected chi connectivity index (χ3v) is 5.21. The van der Waals surface area contributed by atoms with E-state index in [0.29, 0.717) is 28.8 Å². The van der Waals surface area contributed by atoms with Crippen molar-refractivity contribution in [3.8, 4) is 5.69 Å². The van der Waals surface area contributed by atoms with Gasteiger partial charge in [-0.25, -0.2) is 4.98 Å². The van der Waals surface area contributed by atoms with Crippen LogP contribution in [-0.2, 0) is 14.3 Å². The maximum absolute atomic E-state index is 13.4. The molecular formula is C24H27N3O4. The molecule has 1 unspecified atom stereocenters. The van der Waals surface area contributed by atoms with Gasteiger partial charge in [0, 0.05) is 13.5 Å². The van der Waals surface area contributed by atoms with E-state index < -0.39 is 12.0 Å². The monoisotopic (exact) mass is 421 g/mol. The highest BCUT2D eigenvalue weighted by molar-refractivity contribution is 5.82. The van der Waals surface area contributed by atoms with E-state index >= 15 is 0 Å². The third-order valence-electron chi connectivity index (χ3n) is 5.21. The van der Waals surface area contributed by atoms with Crippen molar-refractivity contribution < 1.29 is 14.3 Å². The molecule has 0 saturated carbocycles. The summed E-state index contributed by atoms with van der Waals surface area (Å²) in [5.41, 5.74) is 1.09. The van der Waals surface area contributed by atoms with Gasteiger partial charge in [-0.05, 0) is 37.6 Å². The Labute approximate surface area is 181 Å². The van der Waals surface area contributed by atoms with Crippen molar-refractivity contribution in [2.45, 2.75) is 39.2 Å². The molecule has 3 aromatic rings. The van der Waals surface area contributed by atoms with Gasteiger partial charge in [-0.2, -0.15) is 0 Å². The van der Waals surface area contributed by atoms with Crippen LogP contribution in [0.4, 0.5) is 0 Å². The highest BCUT2D eigenvalue weighted by Crippen LogP contribution is 2.25. The number of amides is 1. The summed E-state index contributed by atoms with van der Waals surface area (Å²) in [5, 5.41) is 0.515. The SMILES string of the molecule is CCOC(=O)CCC(=O)N(C)C(CC)c1nc2ccccc2c(=O)n1-c1ccccc1. The lowest BCUT2D eigenvalue weighted by Crippen LogP contribution is -2.36. The number of para-hydroxylation sites is 2. The van der Waals surface area contributed by atoms with Gasteiger partial charge in [0.15, 0.2) is 0 Å². The van der Waals surface area contributed by atoms with Crippen LogP contribution in [0.2, 0.25) is 0 Å². The lowest BCUT2D eigenvalue weighted by Gasteiger charge is -2.29. The van der Waals surface area contributed by atoms with Crippen LogP contribution in [0.5, 0.6) is 0 Å². The zero-order valence-corrected chi connectivity index (χ0v) is 18.1. The molecule has 1 atom stereocenters. The van der Waals surface area contributed by atoms with Crippen LogP contribution in [0.15, 0.2) is 59.4 Å². The second kappa shape index (κ2) is 10.0. The van der Waals surface area contributed by atoms with E-state index in [1.165, 1.54) is 0 Å². The Bertz CT molecular complexity index is 1120. The van der Waals surface area contributed by atoms with Crippen LogP contribution in [0.25, 0.3) is 16.6 Å². The van der Waals surface area contributed by atoms with Gasteiger partial charge in [0.1, 0.15) is 5.82 Å². The molecule has 0 bridgehead atoms. The average Bonchev–Trinajstić information content (AvgIpc) is 2.79. The Morgan fingerprint density at radius 1 is 1.03 bits per heavy atom. The zero-order chi connectivity index (χ0) is 22.4. The Morgan fingerprint density at radius 3 is 2.39 bits per heavy atom. The van der Waals surface area contributed by atoms with E-state index in [2.05, 4.69) is 0 Å². The van der Waals surface area contributed by atoms with E-state index in [1.807, 2.05) is 49.4 Å². The summed E-state index contributed by atoms with van der Waals surface area (Å²) in [6.45, 7) is 3.95. The molecule has 1 heterocycles. The summed E-state index contributed by atoms with van der Waals surface area (Å²) >= 11 is 0. The van der Waals surface area contributed by atoms with E-state index in [0.717, 1.165) is 0 Å². The van der Waals surface area contributed by atoms with Gasteiger partial charge in [0.05, 0.1) is 35.7 Å². The highest BCUT2D eigenvalue weighted by atomic mass is 16.5. The van der Waals surface area contributed by atoms with Gasteiger partial charge in [-0.1, -0.05) is 37.3 Å². The summed E-state index contributed by atoms with van der Waals surface area (Å²) < 4.78 is 6.49. The lowest BCUT2D eigenvalue weighted by molar-refractivity contribution is -0.145. The van der Waals surface area contributed by atoms with Crippen molar-refractivity contribution in [1.82, 2.24) is 14.5 Å². The second-order valence-electron chi connectivity index (χ2n) is 7.20. The molecule has 7 heteroatoms. The molecule has 0 fully saturated rings. The van der Waals surface area contributed by atoms with E-state index in [9.17, 15) is 14.4 Å². The first-order chi connectivity index (χ1) is 15.0. The molecule has 0 radical (unpaired) electrons. The Morgan fingerprint density at radius 2 is 1.71 bits per heavy atom. The summed E-state index contributed by atoms with van der Waals surface area (Å²) in [5.74, 6) is -0.117. The second-order valence-corrected chi connectivity index (χ2v) is 7.20. The number of rotatable bonds is 8. The fourth-order valence-electron chi connectivity index (χ4n) is 3.62. The standard InChI is InChI=1S/C24H27N3O4/c1-4-20(26(3)21(28)15-16-22(29)31-5-2)23-25-19-14-10-9-13-18(19)24(30)27(23)17-11-7-6-8-12-17/h6-14,20H,4-5,15-16H2,1-3H3. The molecule has 1 aromatic heterocycles. The maximum Gasteiger partial charge on any atom is 0.306 e. The smallest absolute Gasteiger partial charge is 0.306 e. The number of hydrogen-bond acceptors (Lipinski definition) is 5. The molecule has 0 aliphatic rings. The Balaban J connectivity index is 2.05. The fourth-order valence-corrected chi connectivity index (χ4v) is 3.62. The predicted octanol–water partition coefficient (Wildman–Crippen LogP) is 3.64. The minimum absolute atomic E-state index is 0.0179. The van der Waals surface area contributed by atoms with E-state index in [4.69, 9.17) is 9.72 Å². The quantitative estimate of drug-likeness (QED) is 0.519. The van der Waals surface area contributed by atoms with Crippen LogP contribution in [0.3, 0.4) is 0 Å². The molecule has 0 aliphatic carbocycles. The molecule has 31 heavy (non-hydrogen) atoms. The minimum atomic E-state index is -0.438. The lowest BCUT2D eigenvalue weighted by atomic mass is 10.1. The molecule has 0 aliphatic heterocycles. The summed E-state index contributed by atoms with van der Waals surface area (Å²) in [7, 11) is 1.68. The number of aromatic nitrogens is 2. The predicted molar refractivity (Wildman–Crippen MR) is 119 cm³/mol. The normalized spacial score (nSPS) is 11.8.